The van der Waals surface area contributed by atoms with Crippen LogP contribution in [0, 0.1) is 0 Å². The van der Waals surface area contributed by atoms with Crippen LogP contribution in [0.15, 0.2) is 30.3 Å². The quantitative estimate of drug-likeness (QED) is 0.472. The number of Topliss-reactive ketones (excluding diaryl/α,β-unsaturated/α-hetero) is 1. The number of hydrogen-bond donors (Lipinski definition) is 0. The highest BCUT2D eigenvalue weighted by molar-refractivity contribution is 6.15. The first-order valence-corrected chi connectivity index (χ1v) is 5.67. The third-order valence-electron chi connectivity index (χ3n) is 2.24. The molecule has 1 unspecified atom stereocenters. The molecule has 4 heteroatoms. The van der Waals surface area contributed by atoms with Crippen molar-refractivity contribution >= 4 is 11.8 Å². The summed E-state index contributed by atoms with van der Waals surface area (Å²) in [6.45, 7) is 5.78. The lowest BCUT2D eigenvalue weighted by molar-refractivity contribution is -0.164. The fraction of sp³-hybridized carbons (Fsp3) is 0.429. The summed E-state index contributed by atoms with van der Waals surface area (Å²) in [5.74, 6) is -2.05. The predicted octanol–water partition coefficient (Wildman–Crippen LogP) is 2.94. The van der Waals surface area contributed by atoms with Gasteiger partial charge in [0.15, 0.2) is 0 Å². The zero-order chi connectivity index (χ0) is 14.0. The van der Waals surface area contributed by atoms with E-state index in [2.05, 4.69) is 0 Å². The highest BCUT2D eigenvalue weighted by Gasteiger charge is 2.44. The number of rotatable bonds is 3. The van der Waals surface area contributed by atoms with Crippen LogP contribution < -0.4 is 0 Å². The molecule has 1 rings (SSSR count). The van der Waals surface area contributed by atoms with Crippen molar-refractivity contribution in [3.63, 3.8) is 0 Å². The zero-order valence-corrected chi connectivity index (χ0v) is 11.0. The minimum atomic E-state index is -2.67. The van der Waals surface area contributed by atoms with Crippen LogP contribution in [-0.2, 0) is 9.53 Å². The van der Waals surface area contributed by atoms with E-state index < -0.39 is 23.0 Å². The highest BCUT2D eigenvalue weighted by Crippen LogP contribution is 2.22. The van der Waals surface area contributed by atoms with Gasteiger partial charge in [-0.3, -0.25) is 4.79 Å². The summed E-state index contributed by atoms with van der Waals surface area (Å²) in [6.07, 6.45) is 0. The lowest BCUT2D eigenvalue weighted by Gasteiger charge is -2.25. The predicted molar refractivity (Wildman–Crippen MR) is 66.1 cm³/mol. The van der Waals surface area contributed by atoms with Crippen molar-refractivity contribution in [2.75, 3.05) is 0 Å². The molecule has 0 spiro atoms. The smallest absolute Gasteiger partial charge is 0.352 e. The summed E-state index contributed by atoms with van der Waals surface area (Å²) >= 11 is 0. The molecule has 1 aromatic carbocycles. The highest BCUT2D eigenvalue weighted by atomic mass is 19.1. The van der Waals surface area contributed by atoms with E-state index in [1.807, 2.05) is 0 Å². The summed E-state index contributed by atoms with van der Waals surface area (Å²) in [5.41, 5.74) is -3.36. The van der Waals surface area contributed by atoms with Gasteiger partial charge in [-0.1, -0.05) is 30.3 Å². The number of carbonyl (C=O) groups excluding carboxylic acids is 2. The second kappa shape index (κ2) is 4.88. The molecule has 98 valence electrons. The Morgan fingerprint density at radius 2 is 1.56 bits per heavy atom. The van der Waals surface area contributed by atoms with Gasteiger partial charge in [0.05, 0.1) is 0 Å². The Morgan fingerprint density at radius 3 is 2.00 bits per heavy atom. The fourth-order valence-electron chi connectivity index (χ4n) is 1.33. The van der Waals surface area contributed by atoms with Crippen molar-refractivity contribution in [3.8, 4) is 0 Å². The molecule has 0 fully saturated rings. The van der Waals surface area contributed by atoms with Crippen LogP contribution in [0.4, 0.5) is 4.39 Å². The number of alkyl halides is 1. The van der Waals surface area contributed by atoms with Crippen LogP contribution >= 0.6 is 0 Å². The summed E-state index contributed by atoms with van der Waals surface area (Å²) in [6, 6.07) is 7.85. The zero-order valence-electron chi connectivity index (χ0n) is 11.0. The standard InChI is InChI=1S/C14H17FO3/c1-13(2,3)18-12(17)14(4,15)11(16)10-8-6-5-7-9-10/h5-9H,1-4H3. The molecule has 0 bridgehead atoms. The Hall–Kier alpha value is -1.71. The third-order valence-corrected chi connectivity index (χ3v) is 2.24. The van der Waals surface area contributed by atoms with Crippen LogP contribution in [-0.4, -0.2) is 23.0 Å². The van der Waals surface area contributed by atoms with Gasteiger partial charge in [-0.2, -0.15) is 0 Å². The van der Waals surface area contributed by atoms with E-state index in [1.54, 1.807) is 39.0 Å². The number of halogens is 1. The molecule has 0 aromatic heterocycles. The minimum Gasteiger partial charge on any atom is -0.457 e. The van der Waals surface area contributed by atoms with Gasteiger partial charge >= 0.3 is 5.97 Å². The van der Waals surface area contributed by atoms with Gasteiger partial charge in [0, 0.05) is 5.56 Å². The number of ketones is 1. The number of ether oxygens (including phenoxy) is 1. The van der Waals surface area contributed by atoms with E-state index >= 15 is 0 Å². The average molecular weight is 252 g/mol. The maximum absolute atomic E-state index is 14.3. The van der Waals surface area contributed by atoms with Gasteiger partial charge in [0.25, 0.3) is 5.67 Å². The van der Waals surface area contributed by atoms with Crippen molar-refractivity contribution in [1.29, 1.82) is 0 Å². The molecule has 18 heavy (non-hydrogen) atoms. The lowest BCUT2D eigenvalue weighted by atomic mass is 9.96. The van der Waals surface area contributed by atoms with Crippen LogP contribution in [0.5, 0.6) is 0 Å². The van der Waals surface area contributed by atoms with Crippen LogP contribution in [0.2, 0.25) is 0 Å². The Balaban J connectivity index is 2.93. The first kappa shape index (κ1) is 14.4. The minimum absolute atomic E-state index is 0.147. The van der Waals surface area contributed by atoms with Crippen molar-refractivity contribution in [1.82, 2.24) is 0 Å². The SMILES string of the molecule is CC(C)(C)OC(=O)C(C)(F)C(=O)c1ccccc1. The maximum Gasteiger partial charge on any atom is 0.352 e. The van der Waals surface area contributed by atoms with E-state index in [1.165, 1.54) is 12.1 Å². The molecular formula is C14H17FO3. The molecule has 0 aliphatic rings. The van der Waals surface area contributed by atoms with Gasteiger partial charge in [0.1, 0.15) is 5.60 Å². The number of benzene rings is 1. The van der Waals surface area contributed by atoms with E-state index in [0.29, 0.717) is 0 Å². The normalized spacial score (nSPS) is 14.7. The first-order chi connectivity index (χ1) is 8.14. The number of esters is 1. The van der Waals surface area contributed by atoms with Gasteiger partial charge in [0.2, 0.25) is 5.78 Å². The Kier molecular flexibility index (Phi) is 3.89. The monoisotopic (exact) mass is 252 g/mol. The Labute approximate surface area is 106 Å². The summed E-state index contributed by atoms with van der Waals surface area (Å²) in [5, 5.41) is 0. The number of carbonyl (C=O) groups is 2. The van der Waals surface area contributed by atoms with E-state index in [-0.39, 0.29) is 5.56 Å². The van der Waals surface area contributed by atoms with Crippen molar-refractivity contribution in [2.24, 2.45) is 0 Å². The van der Waals surface area contributed by atoms with E-state index in [4.69, 9.17) is 4.74 Å². The van der Waals surface area contributed by atoms with Gasteiger partial charge in [-0.05, 0) is 27.7 Å². The van der Waals surface area contributed by atoms with Gasteiger partial charge in [-0.15, -0.1) is 0 Å². The van der Waals surface area contributed by atoms with Crippen LogP contribution in [0.3, 0.4) is 0 Å². The molecule has 0 amide bonds. The van der Waals surface area contributed by atoms with Crippen molar-refractivity contribution in [2.45, 2.75) is 39.0 Å². The summed E-state index contributed by atoms with van der Waals surface area (Å²) < 4.78 is 19.2. The van der Waals surface area contributed by atoms with Gasteiger partial charge < -0.3 is 4.74 Å². The molecular weight excluding hydrogens is 235 g/mol. The molecule has 0 radical (unpaired) electrons. The maximum atomic E-state index is 14.3. The first-order valence-electron chi connectivity index (χ1n) is 5.67. The van der Waals surface area contributed by atoms with E-state index in [0.717, 1.165) is 6.92 Å². The Morgan fingerprint density at radius 1 is 1.06 bits per heavy atom. The molecule has 0 aliphatic carbocycles. The molecule has 0 saturated carbocycles. The van der Waals surface area contributed by atoms with Crippen LogP contribution in [0.1, 0.15) is 38.1 Å². The topological polar surface area (TPSA) is 43.4 Å². The fourth-order valence-corrected chi connectivity index (χ4v) is 1.33. The molecule has 0 N–H and O–H groups in total. The molecule has 3 nitrogen and oxygen atoms in total. The van der Waals surface area contributed by atoms with E-state index in [9.17, 15) is 14.0 Å². The average Bonchev–Trinajstić information content (AvgIpc) is 2.27. The molecule has 0 heterocycles. The lowest BCUT2D eigenvalue weighted by Crippen LogP contribution is -2.43. The van der Waals surface area contributed by atoms with Gasteiger partial charge in [-0.25, -0.2) is 9.18 Å². The van der Waals surface area contributed by atoms with Crippen molar-refractivity contribution < 1.29 is 18.7 Å². The molecule has 1 atom stereocenters. The molecule has 0 aliphatic heterocycles. The summed E-state index contributed by atoms with van der Waals surface area (Å²) in [4.78, 5) is 23.6. The largest absolute Gasteiger partial charge is 0.457 e. The van der Waals surface area contributed by atoms with Crippen LogP contribution in [0.25, 0.3) is 0 Å². The third kappa shape index (κ3) is 3.39. The Bertz CT molecular complexity index is 444. The second-order valence-electron chi connectivity index (χ2n) is 5.20. The van der Waals surface area contributed by atoms with Crippen molar-refractivity contribution in [3.05, 3.63) is 35.9 Å². The molecule has 0 saturated heterocycles. The summed E-state index contributed by atoms with van der Waals surface area (Å²) in [7, 11) is 0. The second-order valence-corrected chi connectivity index (χ2v) is 5.20. The number of hydrogen-bond acceptors (Lipinski definition) is 3. The molecule has 1 aromatic rings.